The lowest BCUT2D eigenvalue weighted by Gasteiger charge is -2.29. The number of carbonyl (C=O) groups is 2. The van der Waals surface area contributed by atoms with Crippen LogP contribution in [0.25, 0.3) is 5.76 Å². The lowest BCUT2D eigenvalue weighted by atomic mass is 9.95. The highest BCUT2D eigenvalue weighted by atomic mass is 79.9. The van der Waals surface area contributed by atoms with Gasteiger partial charge in [0, 0.05) is 36.2 Å². The van der Waals surface area contributed by atoms with Gasteiger partial charge in [0.2, 0.25) is 0 Å². The summed E-state index contributed by atoms with van der Waals surface area (Å²) < 4.78 is 12.2. The van der Waals surface area contributed by atoms with Crippen LogP contribution < -0.4 is 4.74 Å². The van der Waals surface area contributed by atoms with Gasteiger partial charge in [0.25, 0.3) is 11.7 Å². The molecule has 0 spiro atoms. The second kappa shape index (κ2) is 12.6. The summed E-state index contributed by atoms with van der Waals surface area (Å²) in [7, 11) is 0. The van der Waals surface area contributed by atoms with Gasteiger partial charge in [0.1, 0.15) is 18.1 Å². The molecule has 1 atom stereocenters. The number of ether oxygens (including phenoxy) is 2. The van der Waals surface area contributed by atoms with Gasteiger partial charge in [-0.05, 0) is 53.9 Å². The Kier molecular flexibility index (Phi) is 8.76. The Hall–Kier alpha value is -3.46. The third kappa shape index (κ3) is 6.41. The van der Waals surface area contributed by atoms with Crippen LogP contribution in [0.5, 0.6) is 5.75 Å². The fourth-order valence-electron chi connectivity index (χ4n) is 5.00. The lowest BCUT2D eigenvalue weighted by Crippen LogP contribution is -2.38. The summed E-state index contributed by atoms with van der Waals surface area (Å²) in [5.74, 6) is -0.805. The van der Waals surface area contributed by atoms with E-state index in [9.17, 15) is 14.7 Å². The average Bonchev–Trinajstić information content (AvgIpc) is 3.22. The van der Waals surface area contributed by atoms with E-state index in [2.05, 4.69) is 20.8 Å². The lowest BCUT2D eigenvalue weighted by molar-refractivity contribution is -0.140. The fraction of sp³-hybridized carbons (Fsp3) is 0.290. The molecule has 2 saturated heterocycles. The maximum atomic E-state index is 13.3. The van der Waals surface area contributed by atoms with Crippen molar-refractivity contribution in [2.75, 3.05) is 39.4 Å². The van der Waals surface area contributed by atoms with Crippen molar-refractivity contribution in [3.8, 4) is 5.75 Å². The molecule has 0 aliphatic carbocycles. The van der Waals surface area contributed by atoms with Gasteiger partial charge in [-0.15, -0.1) is 0 Å². The predicted octanol–water partition coefficient (Wildman–Crippen LogP) is 5.17. The van der Waals surface area contributed by atoms with Gasteiger partial charge in [-0.3, -0.25) is 14.5 Å². The van der Waals surface area contributed by atoms with Crippen LogP contribution in [0.1, 0.15) is 29.2 Å². The Morgan fingerprint density at radius 3 is 2.31 bits per heavy atom. The summed E-state index contributed by atoms with van der Waals surface area (Å²) in [6.07, 6.45) is 0.716. The first kappa shape index (κ1) is 27.1. The molecule has 8 heteroatoms. The van der Waals surface area contributed by atoms with E-state index in [1.807, 2.05) is 54.6 Å². The largest absolute Gasteiger partial charge is 0.507 e. The molecule has 39 heavy (non-hydrogen) atoms. The number of hydrogen-bond donors (Lipinski definition) is 1. The van der Waals surface area contributed by atoms with Crippen molar-refractivity contribution < 1.29 is 24.2 Å². The summed E-state index contributed by atoms with van der Waals surface area (Å²) in [6, 6.07) is 23.6. The van der Waals surface area contributed by atoms with Gasteiger partial charge in [-0.1, -0.05) is 58.4 Å². The van der Waals surface area contributed by atoms with Crippen molar-refractivity contribution >= 4 is 33.4 Å². The number of benzene rings is 3. The zero-order valence-corrected chi connectivity index (χ0v) is 23.2. The van der Waals surface area contributed by atoms with E-state index in [-0.39, 0.29) is 11.3 Å². The Balaban J connectivity index is 1.38. The molecule has 0 aromatic heterocycles. The zero-order valence-electron chi connectivity index (χ0n) is 21.6. The van der Waals surface area contributed by atoms with Crippen molar-refractivity contribution in [1.29, 1.82) is 0 Å². The van der Waals surface area contributed by atoms with Crippen LogP contribution >= 0.6 is 15.9 Å². The van der Waals surface area contributed by atoms with Crippen molar-refractivity contribution in [2.45, 2.75) is 19.1 Å². The topological polar surface area (TPSA) is 79.3 Å². The number of aliphatic hydroxyl groups excluding tert-OH is 1. The second-order valence-corrected chi connectivity index (χ2v) is 10.6. The SMILES string of the molecule is O=C1C(=O)N(CCCN2CCOCC2)C(c2ccc(Br)cc2)/C1=C(\O)c1ccc(OCc2ccccc2)cc1. The number of amides is 1. The molecular formula is C31H31BrN2O5. The van der Waals surface area contributed by atoms with Gasteiger partial charge >= 0.3 is 0 Å². The monoisotopic (exact) mass is 590 g/mol. The third-order valence-corrected chi connectivity index (χ3v) is 7.61. The molecule has 0 saturated carbocycles. The first-order chi connectivity index (χ1) is 19.0. The van der Waals surface area contributed by atoms with Crippen molar-refractivity contribution in [2.24, 2.45) is 0 Å². The predicted molar refractivity (Wildman–Crippen MR) is 152 cm³/mol. The summed E-state index contributed by atoms with van der Waals surface area (Å²) in [4.78, 5) is 30.4. The number of ketones is 1. The number of likely N-dealkylation sites (tertiary alicyclic amines) is 1. The molecule has 1 amide bonds. The van der Waals surface area contributed by atoms with Crippen LogP contribution in [0.15, 0.2) is 88.9 Å². The highest BCUT2D eigenvalue weighted by Crippen LogP contribution is 2.40. The van der Waals surface area contributed by atoms with Gasteiger partial charge in [0.15, 0.2) is 0 Å². The number of hydrogen-bond acceptors (Lipinski definition) is 6. The molecular weight excluding hydrogens is 560 g/mol. The summed E-state index contributed by atoms with van der Waals surface area (Å²) in [5.41, 5.74) is 2.38. The molecule has 202 valence electrons. The van der Waals surface area contributed by atoms with E-state index in [1.54, 1.807) is 29.2 Å². The first-order valence-corrected chi connectivity index (χ1v) is 13.9. The molecule has 7 nitrogen and oxygen atoms in total. The standard InChI is InChI=1S/C31H31BrN2O5/c32-25-11-7-23(8-12-25)28-27(30(36)31(37)34(28)16-4-15-33-17-19-38-20-18-33)29(35)24-9-13-26(14-10-24)39-21-22-5-2-1-3-6-22/h1-3,5-14,28,35H,4,15-21H2/b29-27+. The highest BCUT2D eigenvalue weighted by Gasteiger charge is 2.45. The summed E-state index contributed by atoms with van der Waals surface area (Å²) in [5, 5.41) is 11.3. The van der Waals surface area contributed by atoms with Gasteiger partial charge in [-0.2, -0.15) is 0 Å². The molecule has 2 heterocycles. The minimum atomic E-state index is -0.670. The van der Waals surface area contributed by atoms with E-state index >= 15 is 0 Å². The molecule has 2 fully saturated rings. The van der Waals surface area contributed by atoms with Crippen molar-refractivity contribution in [3.63, 3.8) is 0 Å². The van der Waals surface area contributed by atoms with Gasteiger partial charge in [-0.25, -0.2) is 0 Å². The second-order valence-electron chi connectivity index (χ2n) is 9.65. The summed E-state index contributed by atoms with van der Waals surface area (Å²) in [6.45, 7) is 4.78. The highest BCUT2D eigenvalue weighted by molar-refractivity contribution is 9.10. The minimum absolute atomic E-state index is 0.103. The average molecular weight is 592 g/mol. The maximum Gasteiger partial charge on any atom is 0.295 e. The number of carbonyl (C=O) groups excluding carboxylic acids is 2. The molecule has 5 rings (SSSR count). The number of halogens is 1. The Morgan fingerprint density at radius 1 is 0.923 bits per heavy atom. The van der Waals surface area contributed by atoms with Crippen LogP contribution in [0, 0.1) is 0 Å². The van der Waals surface area contributed by atoms with Gasteiger partial charge < -0.3 is 19.5 Å². The number of Topliss-reactive ketones (excluding diaryl/α,β-unsaturated/α-hetero) is 1. The molecule has 3 aromatic rings. The fourth-order valence-corrected chi connectivity index (χ4v) is 5.26. The Morgan fingerprint density at radius 2 is 1.62 bits per heavy atom. The smallest absolute Gasteiger partial charge is 0.295 e. The van der Waals surface area contributed by atoms with Gasteiger partial charge in [0.05, 0.1) is 24.8 Å². The van der Waals surface area contributed by atoms with Crippen molar-refractivity contribution in [3.05, 3.63) is 106 Å². The van der Waals surface area contributed by atoms with E-state index in [1.165, 1.54) is 0 Å². The van der Waals surface area contributed by atoms with E-state index in [0.717, 1.165) is 35.2 Å². The molecule has 2 aliphatic heterocycles. The van der Waals surface area contributed by atoms with Crippen LogP contribution in [0.4, 0.5) is 0 Å². The number of morpholine rings is 1. The molecule has 0 bridgehead atoms. The molecule has 2 aliphatic rings. The number of rotatable bonds is 9. The van der Waals surface area contributed by atoms with Crippen LogP contribution in [0.3, 0.4) is 0 Å². The minimum Gasteiger partial charge on any atom is -0.507 e. The van der Waals surface area contributed by atoms with Crippen LogP contribution in [-0.4, -0.2) is 66.0 Å². The van der Waals surface area contributed by atoms with E-state index < -0.39 is 17.7 Å². The number of aliphatic hydroxyl groups is 1. The van der Waals surface area contributed by atoms with E-state index in [0.29, 0.717) is 44.1 Å². The van der Waals surface area contributed by atoms with Crippen molar-refractivity contribution in [1.82, 2.24) is 9.80 Å². The van der Waals surface area contributed by atoms with E-state index in [4.69, 9.17) is 9.47 Å². The summed E-state index contributed by atoms with van der Waals surface area (Å²) >= 11 is 3.46. The Labute approximate surface area is 236 Å². The number of nitrogens with zero attached hydrogens (tertiary/aromatic N) is 2. The third-order valence-electron chi connectivity index (χ3n) is 7.08. The molecule has 0 radical (unpaired) electrons. The Bertz CT molecular complexity index is 1320. The molecule has 1 unspecified atom stereocenters. The normalized spacial score (nSPS) is 19.4. The quantitative estimate of drug-likeness (QED) is 0.210. The van der Waals surface area contributed by atoms with Crippen LogP contribution in [0.2, 0.25) is 0 Å². The molecule has 3 aromatic carbocycles. The van der Waals surface area contributed by atoms with Crippen LogP contribution in [-0.2, 0) is 20.9 Å². The first-order valence-electron chi connectivity index (χ1n) is 13.1. The zero-order chi connectivity index (χ0) is 27.2. The maximum absolute atomic E-state index is 13.3. The molecule has 1 N–H and O–H groups in total.